The van der Waals surface area contributed by atoms with Crippen molar-refractivity contribution in [1.82, 2.24) is 19.7 Å². The number of aromatic nitrogens is 4. The van der Waals surface area contributed by atoms with Crippen LogP contribution in [0.3, 0.4) is 0 Å². The molecular weight excluding hydrogens is 365 g/mol. The van der Waals surface area contributed by atoms with E-state index in [4.69, 9.17) is 9.84 Å². The predicted molar refractivity (Wildman–Crippen MR) is 86.7 cm³/mol. The molecule has 2 heterocycles. The number of aliphatic hydroxyl groups excluding tert-OH is 2. The fraction of sp³-hybridized carbons (Fsp3) is 0.235. The van der Waals surface area contributed by atoms with E-state index in [1.54, 1.807) is 12.1 Å². The Labute approximate surface area is 151 Å². The first kappa shape index (κ1) is 18.8. The molecule has 3 aromatic rings. The number of hydrogen-bond donors (Lipinski definition) is 2. The van der Waals surface area contributed by atoms with E-state index < -0.39 is 18.0 Å². The maximum Gasteiger partial charge on any atom is 0.433 e. The summed E-state index contributed by atoms with van der Waals surface area (Å²) in [5.41, 5.74) is -0.988. The van der Waals surface area contributed by atoms with Crippen LogP contribution in [-0.2, 0) is 19.3 Å². The van der Waals surface area contributed by atoms with Gasteiger partial charge in [0.1, 0.15) is 24.5 Å². The minimum absolute atomic E-state index is 0.158. The first-order valence-electron chi connectivity index (χ1n) is 7.83. The van der Waals surface area contributed by atoms with Crippen molar-refractivity contribution >= 4 is 0 Å². The zero-order valence-corrected chi connectivity index (χ0v) is 13.8. The van der Waals surface area contributed by atoms with Crippen LogP contribution in [0.5, 0.6) is 11.6 Å². The van der Waals surface area contributed by atoms with Crippen molar-refractivity contribution < 1.29 is 28.1 Å². The standard InChI is InChI=1S/C17H15F3N4O3/c18-17(19,20)16-13(14(26)7-24-10-21-9-22-24)5-6-15(23-16)27-12-3-1-11(8-25)2-4-12/h1-6,9-10,14,25-26H,7-8H2. The minimum atomic E-state index is -4.78. The molecule has 10 heteroatoms. The summed E-state index contributed by atoms with van der Waals surface area (Å²) < 4.78 is 46.8. The molecule has 0 amide bonds. The van der Waals surface area contributed by atoms with E-state index in [1.807, 2.05) is 0 Å². The predicted octanol–water partition coefficient (Wildman–Crippen LogP) is 2.71. The third-order valence-electron chi connectivity index (χ3n) is 3.68. The Morgan fingerprint density at radius 2 is 1.85 bits per heavy atom. The normalized spacial score (nSPS) is 12.8. The van der Waals surface area contributed by atoms with Gasteiger partial charge >= 0.3 is 6.18 Å². The van der Waals surface area contributed by atoms with E-state index in [1.165, 1.54) is 35.5 Å². The van der Waals surface area contributed by atoms with Gasteiger partial charge in [-0.05, 0) is 23.8 Å². The van der Waals surface area contributed by atoms with Crippen molar-refractivity contribution in [3.8, 4) is 11.6 Å². The maximum absolute atomic E-state index is 13.4. The highest BCUT2D eigenvalue weighted by Crippen LogP contribution is 2.35. The van der Waals surface area contributed by atoms with Gasteiger partial charge in [0.2, 0.25) is 5.88 Å². The van der Waals surface area contributed by atoms with Gasteiger partial charge in [-0.25, -0.2) is 9.97 Å². The van der Waals surface area contributed by atoms with Crippen LogP contribution in [-0.4, -0.2) is 30.0 Å². The van der Waals surface area contributed by atoms with Crippen LogP contribution in [0.2, 0.25) is 0 Å². The minimum Gasteiger partial charge on any atom is -0.439 e. The van der Waals surface area contributed by atoms with E-state index in [-0.39, 0.29) is 30.3 Å². The maximum atomic E-state index is 13.4. The van der Waals surface area contributed by atoms with Crippen LogP contribution in [0.25, 0.3) is 0 Å². The van der Waals surface area contributed by atoms with Crippen molar-refractivity contribution in [1.29, 1.82) is 0 Å². The molecule has 0 fully saturated rings. The number of aliphatic hydroxyl groups is 2. The number of pyridine rings is 1. The average Bonchev–Trinajstić information content (AvgIpc) is 3.14. The number of hydrogen-bond acceptors (Lipinski definition) is 6. The molecule has 2 aromatic heterocycles. The van der Waals surface area contributed by atoms with E-state index >= 15 is 0 Å². The summed E-state index contributed by atoms with van der Waals surface area (Å²) in [6, 6.07) is 8.54. The van der Waals surface area contributed by atoms with Crippen LogP contribution < -0.4 is 4.74 Å². The lowest BCUT2D eigenvalue weighted by Crippen LogP contribution is -2.18. The van der Waals surface area contributed by atoms with Gasteiger partial charge < -0.3 is 14.9 Å². The van der Waals surface area contributed by atoms with Crippen molar-refractivity contribution in [3.63, 3.8) is 0 Å². The zero-order valence-electron chi connectivity index (χ0n) is 13.8. The molecule has 27 heavy (non-hydrogen) atoms. The third kappa shape index (κ3) is 4.60. The molecule has 0 radical (unpaired) electrons. The second-order valence-corrected chi connectivity index (χ2v) is 5.62. The van der Waals surface area contributed by atoms with Gasteiger partial charge in [-0.1, -0.05) is 12.1 Å². The molecule has 3 rings (SSSR count). The van der Waals surface area contributed by atoms with Crippen molar-refractivity contribution in [2.24, 2.45) is 0 Å². The number of alkyl halides is 3. The fourth-order valence-electron chi connectivity index (χ4n) is 2.39. The second-order valence-electron chi connectivity index (χ2n) is 5.62. The van der Waals surface area contributed by atoms with Crippen LogP contribution in [0.1, 0.15) is 22.9 Å². The summed E-state index contributed by atoms with van der Waals surface area (Å²) in [7, 11) is 0. The topological polar surface area (TPSA) is 93.3 Å². The Morgan fingerprint density at radius 1 is 1.11 bits per heavy atom. The highest BCUT2D eigenvalue weighted by molar-refractivity contribution is 5.34. The molecule has 0 saturated carbocycles. The summed E-state index contributed by atoms with van der Waals surface area (Å²) in [6.45, 7) is -0.358. The number of halogens is 3. The van der Waals surface area contributed by atoms with Crippen LogP contribution in [0.4, 0.5) is 13.2 Å². The Kier molecular flexibility index (Phi) is 5.38. The molecule has 1 atom stereocenters. The molecule has 0 spiro atoms. The fourth-order valence-corrected chi connectivity index (χ4v) is 2.39. The first-order chi connectivity index (χ1) is 12.9. The molecule has 142 valence electrons. The zero-order chi connectivity index (χ0) is 19.4. The molecule has 0 saturated heterocycles. The smallest absolute Gasteiger partial charge is 0.433 e. The lowest BCUT2D eigenvalue weighted by atomic mass is 10.1. The summed E-state index contributed by atoms with van der Waals surface area (Å²) in [5.74, 6) is -0.000447. The molecule has 2 N–H and O–H groups in total. The SMILES string of the molecule is OCc1ccc(Oc2ccc(C(O)Cn3cncn3)c(C(F)(F)F)n2)cc1. The van der Waals surface area contributed by atoms with Gasteiger partial charge in [0.25, 0.3) is 0 Å². The lowest BCUT2D eigenvalue weighted by Gasteiger charge is -2.17. The van der Waals surface area contributed by atoms with Crippen molar-refractivity contribution in [3.05, 3.63) is 65.9 Å². The van der Waals surface area contributed by atoms with Crippen molar-refractivity contribution in [2.75, 3.05) is 0 Å². The van der Waals surface area contributed by atoms with E-state index in [0.29, 0.717) is 5.56 Å². The number of nitrogens with zero attached hydrogens (tertiary/aromatic N) is 4. The number of rotatable bonds is 6. The van der Waals surface area contributed by atoms with Gasteiger partial charge in [-0.15, -0.1) is 0 Å². The summed E-state index contributed by atoms with van der Waals surface area (Å²) in [6.07, 6.45) is -3.75. The molecule has 1 unspecified atom stereocenters. The Morgan fingerprint density at radius 3 is 2.44 bits per heavy atom. The molecule has 7 nitrogen and oxygen atoms in total. The van der Waals surface area contributed by atoms with Crippen LogP contribution in [0.15, 0.2) is 49.1 Å². The van der Waals surface area contributed by atoms with E-state index in [9.17, 15) is 18.3 Å². The van der Waals surface area contributed by atoms with E-state index in [2.05, 4.69) is 15.1 Å². The summed E-state index contributed by atoms with van der Waals surface area (Å²) >= 11 is 0. The summed E-state index contributed by atoms with van der Waals surface area (Å²) in [5, 5.41) is 23.0. The van der Waals surface area contributed by atoms with Crippen LogP contribution in [0, 0.1) is 0 Å². The molecule has 0 bridgehead atoms. The van der Waals surface area contributed by atoms with E-state index in [0.717, 1.165) is 6.07 Å². The average molecular weight is 380 g/mol. The van der Waals surface area contributed by atoms with Gasteiger partial charge in [0, 0.05) is 11.6 Å². The molecular formula is C17H15F3N4O3. The van der Waals surface area contributed by atoms with Gasteiger partial charge in [0.05, 0.1) is 13.2 Å². The monoisotopic (exact) mass is 380 g/mol. The molecule has 0 aliphatic heterocycles. The Hall–Kier alpha value is -2.98. The number of ether oxygens (including phenoxy) is 1. The lowest BCUT2D eigenvalue weighted by molar-refractivity contribution is -0.143. The molecule has 0 aliphatic rings. The summed E-state index contributed by atoms with van der Waals surface area (Å²) in [4.78, 5) is 7.21. The van der Waals surface area contributed by atoms with Crippen molar-refractivity contribution in [2.45, 2.75) is 25.4 Å². The quantitative estimate of drug-likeness (QED) is 0.683. The Balaban J connectivity index is 1.86. The van der Waals surface area contributed by atoms with Gasteiger partial charge in [-0.3, -0.25) is 4.68 Å². The highest BCUT2D eigenvalue weighted by Gasteiger charge is 2.37. The molecule has 1 aromatic carbocycles. The number of benzene rings is 1. The second kappa shape index (κ2) is 7.72. The molecule has 0 aliphatic carbocycles. The van der Waals surface area contributed by atoms with Gasteiger partial charge in [-0.2, -0.15) is 18.3 Å². The van der Waals surface area contributed by atoms with Crippen LogP contribution >= 0.6 is 0 Å². The first-order valence-corrected chi connectivity index (χ1v) is 7.83. The highest BCUT2D eigenvalue weighted by atomic mass is 19.4. The third-order valence-corrected chi connectivity index (χ3v) is 3.68. The Bertz CT molecular complexity index is 883. The largest absolute Gasteiger partial charge is 0.439 e. The van der Waals surface area contributed by atoms with Gasteiger partial charge in [0.15, 0.2) is 5.69 Å².